The van der Waals surface area contributed by atoms with Gasteiger partial charge in [-0.15, -0.1) is 0 Å². The van der Waals surface area contributed by atoms with Crippen molar-refractivity contribution in [1.82, 2.24) is 4.90 Å². The third kappa shape index (κ3) is 7.76. The molecular weight excluding hydrogens is 318 g/mol. The van der Waals surface area contributed by atoms with E-state index in [4.69, 9.17) is 0 Å². The van der Waals surface area contributed by atoms with E-state index in [0.29, 0.717) is 11.9 Å². The van der Waals surface area contributed by atoms with Crippen LogP contribution in [-0.4, -0.2) is 23.4 Å². The van der Waals surface area contributed by atoms with Crippen LogP contribution in [0.2, 0.25) is 0 Å². The molecule has 144 valence electrons. The summed E-state index contributed by atoms with van der Waals surface area (Å²) < 4.78 is 0. The lowest BCUT2D eigenvalue weighted by atomic mass is 10.1. The molecule has 0 aliphatic carbocycles. The van der Waals surface area contributed by atoms with Crippen molar-refractivity contribution < 1.29 is 4.79 Å². The van der Waals surface area contributed by atoms with E-state index < -0.39 is 0 Å². The average Bonchev–Trinajstić information content (AvgIpc) is 3.01. The van der Waals surface area contributed by atoms with E-state index in [1.807, 2.05) is 0 Å². The summed E-state index contributed by atoms with van der Waals surface area (Å²) in [6.07, 6.45) is 18.8. The van der Waals surface area contributed by atoms with Gasteiger partial charge < -0.3 is 4.90 Å². The first-order valence-electron chi connectivity index (χ1n) is 10.8. The molecule has 1 saturated heterocycles. The smallest absolute Gasteiger partial charge is 0.223 e. The highest BCUT2D eigenvalue weighted by molar-refractivity contribution is 5.79. The molecule has 2 nitrogen and oxygen atoms in total. The Bertz CT molecular complexity index is 522. The van der Waals surface area contributed by atoms with Gasteiger partial charge in [-0.05, 0) is 44.1 Å². The van der Waals surface area contributed by atoms with E-state index in [1.54, 1.807) is 0 Å². The fraction of sp³-hybridized carbons (Fsp3) is 0.625. The summed E-state index contributed by atoms with van der Waals surface area (Å²) in [4.78, 5) is 14.2. The van der Waals surface area contributed by atoms with Gasteiger partial charge in [0.05, 0.1) is 6.04 Å². The Balaban J connectivity index is 1.57. The SMILES string of the molecule is CCCCCCCN1C(=O)CCC1/C=C/CCCCCc1ccccc1. The molecule has 1 unspecified atom stereocenters. The predicted octanol–water partition coefficient (Wildman–Crippen LogP) is 6.31. The number of likely N-dealkylation sites (tertiary alicyclic amines) is 1. The maximum Gasteiger partial charge on any atom is 0.223 e. The van der Waals surface area contributed by atoms with E-state index in [0.717, 1.165) is 32.2 Å². The van der Waals surface area contributed by atoms with Crippen LogP contribution in [0.25, 0.3) is 0 Å². The molecule has 0 spiro atoms. The first kappa shape index (κ1) is 20.7. The average molecular weight is 356 g/mol. The van der Waals surface area contributed by atoms with Gasteiger partial charge in [-0.1, -0.05) is 81.5 Å². The molecule has 0 N–H and O–H groups in total. The molecule has 1 amide bonds. The van der Waals surface area contributed by atoms with Gasteiger partial charge in [0.1, 0.15) is 0 Å². The zero-order chi connectivity index (χ0) is 18.5. The Hall–Kier alpha value is -1.57. The minimum atomic E-state index is 0.359. The van der Waals surface area contributed by atoms with Gasteiger partial charge in [-0.25, -0.2) is 0 Å². The molecule has 0 saturated carbocycles. The number of rotatable bonds is 13. The lowest BCUT2D eigenvalue weighted by Crippen LogP contribution is -2.32. The van der Waals surface area contributed by atoms with Crippen molar-refractivity contribution in [2.24, 2.45) is 0 Å². The summed E-state index contributed by atoms with van der Waals surface area (Å²) in [6.45, 7) is 3.20. The molecule has 1 aliphatic rings. The number of carbonyl (C=O) groups excluding carboxylic acids is 1. The van der Waals surface area contributed by atoms with Crippen LogP contribution in [0, 0.1) is 0 Å². The number of nitrogens with zero attached hydrogens (tertiary/aromatic N) is 1. The second-order valence-electron chi connectivity index (χ2n) is 7.62. The molecule has 0 radical (unpaired) electrons. The fourth-order valence-electron chi connectivity index (χ4n) is 3.80. The molecule has 2 rings (SSSR count). The lowest BCUT2D eigenvalue weighted by Gasteiger charge is -2.22. The van der Waals surface area contributed by atoms with Crippen molar-refractivity contribution in [3.63, 3.8) is 0 Å². The molecule has 1 fully saturated rings. The third-order valence-corrected chi connectivity index (χ3v) is 5.41. The van der Waals surface area contributed by atoms with Gasteiger partial charge in [0, 0.05) is 13.0 Å². The highest BCUT2D eigenvalue weighted by atomic mass is 16.2. The van der Waals surface area contributed by atoms with Crippen molar-refractivity contribution in [3.05, 3.63) is 48.0 Å². The second kappa shape index (κ2) is 12.7. The van der Waals surface area contributed by atoms with Gasteiger partial charge in [-0.2, -0.15) is 0 Å². The maximum absolute atomic E-state index is 12.1. The van der Waals surface area contributed by atoms with E-state index in [2.05, 4.69) is 54.3 Å². The lowest BCUT2D eigenvalue weighted by molar-refractivity contribution is -0.128. The molecule has 1 aromatic rings. The topological polar surface area (TPSA) is 20.3 Å². The molecular formula is C24H37NO. The molecule has 0 bridgehead atoms. The minimum absolute atomic E-state index is 0.359. The largest absolute Gasteiger partial charge is 0.336 e. The monoisotopic (exact) mass is 355 g/mol. The van der Waals surface area contributed by atoms with E-state index in [9.17, 15) is 4.79 Å². The third-order valence-electron chi connectivity index (χ3n) is 5.41. The van der Waals surface area contributed by atoms with Crippen LogP contribution in [0.4, 0.5) is 0 Å². The van der Waals surface area contributed by atoms with Crippen LogP contribution in [0.1, 0.15) is 83.1 Å². The number of carbonyl (C=O) groups is 1. The molecule has 1 heterocycles. The number of allylic oxidation sites excluding steroid dienone is 1. The summed E-state index contributed by atoms with van der Waals surface area (Å²) in [5, 5.41) is 0. The van der Waals surface area contributed by atoms with E-state index in [1.165, 1.54) is 56.9 Å². The predicted molar refractivity (Wildman–Crippen MR) is 111 cm³/mol. The van der Waals surface area contributed by atoms with E-state index >= 15 is 0 Å². The number of aryl methyl sites for hydroxylation is 1. The summed E-state index contributed by atoms with van der Waals surface area (Å²) in [7, 11) is 0. The molecule has 1 aromatic carbocycles. The first-order valence-corrected chi connectivity index (χ1v) is 10.8. The Morgan fingerprint density at radius 2 is 1.77 bits per heavy atom. The zero-order valence-electron chi connectivity index (χ0n) is 16.7. The van der Waals surface area contributed by atoms with Crippen molar-refractivity contribution >= 4 is 5.91 Å². The molecule has 26 heavy (non-hydrogen) atoms. The van der Waals surface area contributed by atoms with E-state index in [-0.39, 0.29) is 0 Å². The standard InChI is InChI=1S/C24H37NO/c1-2-3-4-8-14-21-25-23(19-20-24(25)26)18-13-7-5-6-10-15-22-16-11-9-12-17-22/h9,11-13,16-18,23H,2-8,10,14-15,19-21H2,1H3/b18-13+. The van der Waals surface area contributed by atoms with Crippen molar-refractivity contribution in [2.45, 2.75) is 90.0 Å². The normalized spacial score (nSPS) is 17.5. The first-order chi connectivity index (χ1) is 12.8. The second-order valence-corrected chi connectivity index (χ2v) is 7.62. The van der Waals surface area contributed by atoms with Crippen LogP contribution < -0.4 is 0 Å². The van der Waals surface area contributed by atoms with Crippen molar-refractivity contribution in [3.8, 4) is 0 Å². The zero-order valence-corrected chi connectivity index (χ0v) is 16.7. The molecule has 1 aliphatic heterocycles. The molecule has 2 heteroatoms. The maximum atomic E-state index is 12.1. The minimum Gasteiger partial charge on any atom is -0.336 e. The van der Waals surface area contributed by atoms with Crippen molar-refractivity contribution in [2.75, 3.05) is 6.54 Å². The van der Waals surface area contributed by atoms with Crippen LogP contribution >= 0.6 is 0 Å². The number of unbranched alkanes of at least 4 members (excludes halogenated alkanes) is 7. The Morgan fingerprint density at radius 1 is 1.00 bits per heavy atom. The van der Waals surface area contributed by atoms with Gasteiger partial charge >= 0.3 is 0 Å². The Morgan fingerprint density at radius 3 is 2.58 bits per heavy atom. The van der Waals surface area contributed by atoms with Crippen LogP contribution in [0.5, 0.6) is 0 Å². The van der Waals surface area contributed by atoms with Gasteiger partial charge in [-0.3, -0.25) is 4.79 Å². The molecule has 1 atom stereocenters. The highest BCUT2D eigenvalue weighted by Crippen LogP contribution is 2.21. The van der Waals surface area contributed by atoms with Crippen molar-refractivity contribution in [1.29, 1.82) is 0 Å². The quantitative estimate of drug-likeness (QED) is 0.300. The van der Waals surface area contributed by atoms with Crippen LogP contribution in [0.15, 0.2) is 42.5 Å². The summed E-state index contributed by atoms with van der Waals surface area (Å²) >= 11 is 0. The Labute approximate surface area is 160 Å². The number of amides is 1. The summed E-state index contributed by atoms with van der Waals surface area (Å²) in [5.41, 5.74) is 1.45. The summed E-state index contributed by atoms with van der Waals surface area (Å²) in [6, 6.07) is 11.1. The van der Waals surface area contributed by atoms with Gasteiger partial charge in [0.25, 0.3) is 0 Å². The number of benzene rings is 1. The Kier molecular flexibility index (Phi) is 10.2. The highest BCUT2D eigenvalue weighted by Gasteiger charge is 2.28. The number of hydrogen-bond donors (Lipinski definition) is 0. The van der Waals surface area contributed by atoms with Gasteiger partial charge in [0.15, 0.2) is 0 Å². The van der Waals surface area contributed by atoms with Gasteiger partial charge in [0.2, 0.25) is 5.91 Å². The summed E-state index contributed by atoms with van der Waals surface area (Å²) in [5.74, 6) is 0.359. The molecule has 0 aromatic heterocycles. The van der Waals surface area contributed by atoms with Crippen LogP contribution in [-0.2, 0) is 11.2 Å². The fourth-order valence-corrected chi connectivity index (χ4v) is 3.80. The van der Waals surface area contributed by atoms with Crippen LogP contribution in [0.3, 0.4) is 0 Å². The number of hydrogen-bond acceptors (Lipinski definition) is 1.